The van der Waals surface area contributed by atoms with E-state index in [1.54, 1.807) is 6.92 Å². The first kappa shape index (κ1) is 17.0. The molecule has 5 nitrogen and oxygen atoms in total. The first-order valence-corrected chi connectivity index (χ1v) is 9.19. The standard InChI is InChI=1S/C18H22N2O3S/c1-10-4-6-13(7-5-10)8-14-9-15(22)20(17(14)23)18-19-11(2)16(24-18)12(3)21/h4,13-14H,5-9H2,1-3H3. The number of imide groups is 1. The Balaban J connectivity index is 1.74. The maximum atomic E-state index is 12.7. The molecule has 2 amide bonds. The SMILES string of the molecule is CC(=O)c1sc(N2C(=O)CC(CC3CC=C(C)CC3)C2=O)nc1C. The zero-order chi connectivity index (χ0) is 17.4. The summed E-state index contributed by atoms with van der Waals surface area (Å²) >= 11 is 1.13. The highest BCUT2D eigenvalue weighted by molar-refractivity contribution is 7.18. The fourth-order valence-electron chi connectivity index (χ4n) is 3.52. The molecule has 2 unspecified atom stereocenters. The van der Waals surface area contributed by atoms with Gasteiger partial charge in [-0.1, -0.05) is 23.0 Å². The number of carbonyl (C=O) groups excluding carboxylic acids is 3. The summed E-state index contributed by atoms with van der Waals surface area (Å²) in [4.78, 5) is 42.6. The lowest BCUT2D eigenvalue weighted by atomic mass is 9.83. The van der Waals surface area contributed by atoms with Crippen LogP contribution in [-0.2, 0) is 9.59 Å². The monoisotopic (exact) mass is 346 g/mol. The van der Waals surface area contributed by atoms with Gasteiger partial charge in [0.1, 0.15) is 0 Å². The minimum Gasteiger partial charge on any atom is -0.294 e. The molecule has 1 aromatic heterocycles. The van der Waals surface area contributed by atoms with Gasteiger partial charge in [-0.2, -0.15) is 0 Å². The lowest BCUT2D eigenvalue weighted by Gasteiger charge is -2.22. The number of anilines is 1. The van der Waals surface area contributed by atoms with E-state index < -0.39 is 0 Å². The molecular formula is C18H22N2O3S. The number of amides is 2. The van der Waals surface area contributed by atoms with Crippen LogP contribution in [-0.4, -0.2) is 22.6 Å². The number of nitrogens with zero attached hydrogens (tertiary/aromatic N) is 2. The first-order chi connectivity index (χ1) is 11.4. The molecule has 0 N–H and O–H groups in total. The van der Waals surface area contributed by atoms with Gasteiger partial charge >= 0.3 is 0 Å². The average molecular weight is 346 g/mol. The zero-order valence-corrected chi connectivity index (χ0v) is 15.1. The molecule has 2 heterocycles. The van der Waals surface area contributed by atoms with Crippen molar-refractivity contribution in [1.29, 1.82) is 0 Å². The Hall–Kier alpha value is -1.82. The van der Waals surface area contributed by atoms with Gasteiger partial charge in [0.15, 0.2) is 10.9 Å². The van der Waals surface area contributed by atoms with Gasteiger partial charge in [-0.05, 0) is 45.4 Å². The number of Topliss-reactive ketones (excluding diaryl/α,β-unsaturated/α-hetero) is 1. The molecule has 1 saturated heterocycles. The molecule has 1 aliphatic carbocycles. The highest BCUT2D eigenvalue weighted by atomic mass is 32.1. The molecule has 128 valence electrons. The maximum Gasteiger partial charge on any atom is 0.239 e. The minimum absolute atomic E-state index is 0.0868. The third-order valence-corrected chi connectivity index (χ3v) is 6.14. The van der Waals surface area contributed by atoms with Crippen LogP contribution in [0.4, 0.5) is 5.13 Å². The zero-order valence-electron chi connectivity index (χ0n) is 14.3. The smallest absolute Gasteiger partial charge is 0.239 e. The van der Waals surface area contributed by atoms with Crippen LogP contribution < -0.4 is 4.90 Å². The van der Waals surface area contributed by atoms with Crippen LogP contribution in [0.5, 0.6) is 0 Å². The van der Waals surface area contributed by atoms with Gasteiger partial charge in [0.2, 0.25) is 11.8 Å². The van der Waals surface area contributed by atoms with E-state index >= 15 is 0 Å². The number of thiazole rings is 1. The van der Waals surface area contributed by atoms with Crippen molar-refractivity contribution in [2.24, 2.45) is 11.8 Å². The van der Waals surface area contributed by atoms with Gasteiger partial charge in [-0.15, -0.1) is 0 Å². The Morgan fingerprint density at radius 3 is 2.71 bits per heavy atom. The molecule has 2 atom stereocenters. The molecule has 2 aliphatic rings. The maximum absolute atomic E-state index is 12.7. The fraction of sp³-hybridized carbons (Fsp3) is 0.556. The highest BCUT2D eigenvalue weighted by Gasteiger charge is 2.42. The Labute approximate surface area is 145 Å². The third-order valence-electron chi connectivity index (χ3n) is 4.90. The largest absolute Gasteiger partial charge is 0.294 e. The van der Waals surface area contributed by atoms with E-state index in [1.165, 1.54) is 17.4 Å². The summed E-state index contributed by atoms with van der Waals surface area (Å²) in [5, 5.41) is 0.342. The summed E-state index contributed by atoms with van der Waals surface area (Å²) in [7, 11) is 0. The molecular weight excluding hydrogens is 324 g/mol. The number of carbonyl (C=O) groups is 3. The van der Waals surface area contributed by atoms with Gasteiger partial charge in [0.05, 0.1) is 10.6 Å². The van der Waals surface area contributed by atoms with E-state index in [0.717, 1.165) is 37.0 Å². The predicted octanol–water partition coefficient (Wildman–Crippen LogP) is 3.67. The Morgan fingerprint density at radius 2 is 2.12 bits per heavy atom. The third kappa shape index (κ3) is 3.20. The van der Waals surface area contributed by atoms with Crippen LogP contribution in [0.25, 0.3) is 0 Å². The van der Waals surface area contributed by atoms with Crippen molar-refractivity contribution < 1.29 is 14.4 Å². The van der Waals surface area contributed by atoms with Crippen molar-refractivity contribution in [1.82, 2.24) is 4.98 Å². The number of allylic oxidation sites excluding steroid dienone is 2. The number of rotatable bonds is 4. The van der Waals surface area contributed by atoms with Gasteiger partial charge in [-0.25, -0.2) is 9.88 Å². The van der Waals surface area contributed by atoms with E-state index in [4.69, 9.17) is 0 Å². The number of hydrogen-bond donors (Lipinski definition) is 0. The molecule has 0 aromatic carbocycles. The Kier molecular flexibility index (Phi) is 4.67. The van der Waals surface area contributed by atoms with Gasteiger partial charge in [0, 0.05) is 19.3 Å². The lowest BCUT2D eigenvalue weighted by molar-refractivity contribution is -0.122. The first-order valence-electron chi connectivity index (χ1n) is 8.37. The van der Waals surface area contributed by atoms with Crippen LogP contribution in [0.2, 0.25) is 0 Å². The molecule has 1 aromatic rings. The van der Waals surface area contributed by atoms with Crippen molar-refractivity contribution >= 4 is 34.1 Å². The summed E-state index contributed by atoms with van der Waals surface area (Å²) in [6.07, 6.45) is 6.42. The van der Waals surface area contributed by atoms with E-state index in [9.17, 15) is 14.4 Å². The molecule has 6 heteroatoms. The number of aryl methyl sites for hydroxylation is 1. The topological polar surface area (TPSA) is 67.3 Å². The van der Waals surface area contributed by atoms with Gasteiger partial charge < -0.3 is 0 Å². The van der Waals surface area contributed by atoms with Crippen LogP contribution in [0.1, 0.15) is 61.3 Å². The van der Waals surface area contributed by atoms with E-state index in [1.807, 2.05) is 0 Å². The molecule has 0 radical (unpaired) electrons. The molecule has 0 bridgehead atoms. The van der Waals surface area contributed by atoms with Crippen LogP contribution >= 0.6 is 11.3 Å². The summed E-state index contributed by atoms with van der Waals surface area (Å²) < 4.78 is 0. The molecule has 24 heavy (non-hydrogen) atoms. The fourth-order valence-corrected chi connectivity index (χ4v) is 4.51. The van der Waals surface area contributed by atoms with Crippen LogP contribution in [0.15, 0.2) is 11.6 Å². The minimum atomic E-state index is -0.251. The normalized spacial score (nSPS) is 24.5. The van der Waals surface area contributed by atoms with Crippen LogP contribution in [0, 0.1) is 18.8 Å². The highest BCUT2D eigenvalue weighted by Crippen LogP contribution is 2.36. The second-order valence-corrected chi connectivity index (χ2v) is 7.84. The van der Waals surface area contributed by atoms with Crippen molar-refractivity contribution in [3.63, 3.8) is 0 Å². The molecule has 1 aliphatic heterocycles. The summed E-state index contributed by atoms with van der Waals surface area (Å²) in [6.45, 7) is 5.34. The van der Waals surface area contributed by atoms with Crippen molar-refractivity contribution in [3.05, 3.63) is 22.2 Å². The lowest BCUT2D eigenvalue weighted by Crippen LogP contribution is -2.30. The Bertz CT molecular complexity index is 735. The summed E-state index contributed by atoms with van der Waals surface area (Å²) in [5.41, 5.74) is 2.00. The van der Waals surface area contributed by atoms with Gasteiger partial charge in [-0.3, -0.25) is 14.4 Å². The molecule has 1 fully saturated rings. The van der Waals surface area contributed by atoms with E-state index in [2.05, 4.69) is 18.0 Å². The molecule has 0 saturated carbocycles. The van der Waals surface area contributed by atoms with Crippen molar-refractivity contribution in [2.75, 3.05) is 4.90 Å². The quantitative estimate of drug-likeness (QED) is 0.474. The van der Waals surface area contributed by atoms with Crippen molar-refractivity contribution in [2.45, 2.75) is 52.9 Å². The van der Waals surface area contributed by atoms with Gasteiger partial charge in [0.25, 0.3) is 0 Å². The second kappa shape index (κ2) is 6.59. The number of hydrogen-bond acceptors (Lipinski definition) is 5. The summed E-state index contributed by atoms with van der Waals surface area (Å²) in [6, 6.07) is 0. The Morgan fingerprint density at radius 1 is 1.38 bits per heavy atom. The van der Waals surface area contributed by atoms with Crippen molar-refractivity contribution in [3.8, 4) is 0 Å². The average Bonchev–Trinajstić information content (AvgIpc) is 3.02. The molecule has 0 spiro atoms. The number of ketones is 1. The van der Waals surface area contributed by atoms with Crippen LogP contribution in [0.3, 0.4) is 0 Å². The number of aromatic nitrogens is 1. The van der Waals surface area contributed by atoms with E-state index in [0.29, 0.717) is 21.6 Å². The molecule has 3 rings (SSSR count). The second-order valence-electron chi connectivity index (χ2n) is 6.86. The predicted molar refractivity (Wildman–Crippen MR) is 93.2 cm³/mol. The van der Waals surface area contributed by atoms with E-state index in [-0.39, 0.29) is 29.9 Å². The summed E-state index contributed by atoms with van der Waals surface area (Å²) in [5.74, 6) is -0.219.